The fraction of sp³-hybridized carbons (Fsp3) is 0.474. The van der Waals surface area contributed by atoms with Gasteiger partial charge in [0.25, 0.3) is 5.91 Å². The van der Waals surface area contributed by atoms with Crippen molar-refractivity contribution in [3.63, 3.8) is 0 Å². The number of nitrogens with zero attached hydrogens (tertiary/aromatic N) is 1. The number of likely N-dealkylation sites (tertiary alicyclic amines) is 1. The SMILES string of the molecule is CC[C@@H](O)CC(=O)/C=C/[C@H]1[C@@H](C)CCN1C(=O)c1ccccc1. The summed E-state index contributed by atoms with van der Waals surface area (Å²) in [6.45, 7) is 4.65. The van der Waals surface area contributed by atoms with Crippen molar-refractivity contribution in [2.45, 2.75) is 45.3 Å². The molecule has 0 aliphatic carbocycles. The summed E-state index contributed by atoms with van der Waals surface area (Å²) in [6, 6.07) is 9.16. The molecule has 124 valence electrons. The summed E-state index contributed by atoms with van der Waals surface area (Å²) in [5, 5.41) is 9.54. The van der Waals surface area contributed by atoms with Crippen LogP contribution in [0, 0.1) is 5.92 Å². The van der Waals surface area contributed by atoms with Gasteiger partial charge in [0.05, 0.1) is 12.1 Å². The van der Waals surface area contributed by atoms with Crippen LogP contribution in [0.5, 0.6) is 0 Å². The standard InChI is InChI=1S/C19H25NO3/c1-3-16(21)13-17(22)9-10-18-14(2)11-12-20(18)19(23)15-7-5-4-6-8-15/h4-10,14,16,18,21H,3,11-13H2,1-2H3/b10-9+/t14-,16+,18-/m0/s1. The zero-order chi connectivity index (χ0) is 16.8. The van der Waals surface area contributed by atoms with Gasteiger partial charge in [0.2, 0.25) is 0 Å². The molecule has 0 bridgehead atoms. The molecule has 1 aliphatic rings. The van der Waals surface area contributed by atoms with Crippen LogP contribution in [0.4, 0.5) is 0 Å². The van der Waals surface area contributed by atoms with E-state index >= 15 is 0 Å². The van der Waals surface area contributed by atoms with Crippen molar-refractivity contribution in [1.82, 2.24) is 4.90 Å². The normalized spacial score (nSPS) is 22.5. The predicted molar refractivity (Wildman–Crippen MR) is 90.1 cm³/mol. The van der Waals surface area contributed by atoms with Gasteiger partial charge in [-0.15, -0.1) is 0 Å². The Balaban J connectivity index is 2.06. The summed E-state index contributed by atoms with van der Waals surface area (Å²) < 4.78 is 0. The number of ketones is 1. The van der Waals surface area contributed by atoms with Crippen molar-refractivity contribution in [3.05, 3.63) is 48.0 Å². The Hall–Kier alpha value is -1.94. The van der Waals surface area contributed by atoms with Gasteiger partial charge in [-0.25, -0.2) is 0 Å². The van der Waals surface area contributed by atoms with Crippen LogP contribution in [0.15, 0.2) is 42.5 Å². The average molecular weight is 315 g/mol. The van der Waals surface area contributed by atoms with E-state index in [9.17, 15) is 14.7 Å². The third kappa shape index (κ3) is 4.52. The Kier molecular flexibility index (Phi) is 6.11. The van der Waals surface area contributed by atoms with Gasteiger partial charge in [0, 0.05) is 18.5 Å². The molecule has 3 atom stereocenters. The summed E-state index contributed by atoms with van der Waals surface area (Å²) in [6.07, 6.45) is 4.40. The van der Waals surface area contributed by atoms with Crippen molar-refractivity contribution in [1.29, 1.82) is 0 Å². The highest BCUT2D eigenvalue weighted by Gasteiger charge is 2.33. The van der Waals surface area contributed by atoms with E-state index in [4.69, 9.17) is 0 Å². The first kappa shape index (κ1) is 17.4. The van der Waals surface area contributed by atoms with Crippen LogP contribution in [0.3, 0.4) is 0 Å². The van der Waals surface area contributed by atoms with Gasteiger partial charge in [0.1, 0.15) is 0 Å². The highest BCUT2D eigenvalue weighted by atomic mass is 16.3. The molecule has 23 heavy (non-hydrogen) atoms. The Morgan fingerprint density at radius 3 is 2.70 bits per heavy atom. The number of amides is 1. The summed E-state index contributed by atoms with van der Waals surface area (Å²) in [7, 11) is 0. The first-order valence-electron chi connectivity index (χ1n) is 8.28. The average Bonchev–Trinajstić information content (AvgIpc) is 2.93. The molecule has 0 aromatic heterocycles. The Labute approximate surface area is 137 Å². The number of aliphatic hydroxyl groups excluding tert-OH is 1. The van der Waals surface area contributed by atoms with E-state index in [1.165, 1.54) is 6.08 Å². The molecule has 1 aliphatic heterocycles. The highest BCUT2D eigenvalue weighted by Crippen LogP contribution is 2.26. The van der Waals surface area contributed by atoms with Gasteiger partial charge in [0.15, 0.2) is 5.78 Å². The zero-order valence-corrected chi connectivity index (χ0v) is 13.8. The van der Waals surface area contributed by atoms with Crippen LogP contribution >= 0.6 is 0 Å². The molecule has 2 rings (SSSR count). The molecule has 0 unspecified atom stereocenters. The number of carbonyl (C=O) groups is 2. The van der Waals surface area contributed by atoms with Crippen molar-refractivity contribution in [2.24, 2.45) is 5.92 Å². The van der Waals surface area contributed by atoms with Gasteiger partial charge < -0.3 is 10.0 Å². The lowest BCUT2D eigenvalue weighted by molar-refractivity contribution is -0.116. The predicted octanol–water partition coefficient (Wildman–Crippen LogP) is 2.82. The molecular weight excluding hydrogens is 290 g/mol. The minimum atomic E-state index is -0.588. The van der Waals surface area contributed by atoms with Crippen LogP contribution in [0.1, 0.15) is 43.5 Å². The van der Waals surface area contributed by atoms with Crippen LogP contribution in [0.25, 0.3) is 0 Å². The smallest absolute Gasteiger partial charge is 0.254 e. The number of allylic oxidation sites excluding steroid dienone is 1. The molecule has 1 N–H and O–H groups in total. The van der Waals surface area contributed by atoms with Crippen LogP contribution < -0.4 is 0 Å². The Morgan fingerprint density at radius 2 is 2.04 bits per heavy atom. The summed E-state index contributed by atoms with van der Waals surface area (Å²) in [5.41, 5.74) is 0.674. The minimum Gasteiger partial charge on any atom is -0.393 e. The van der Waals surface area contributed by atoms with Crippen LogP contribution in [-0.4, -0.2) is 40.4 Å². The molecule has 1 saturated heterocycles. The fourth-order valence-corrected chi connectivity index (χ4v) is 2.90. The zero-order valence-electron chi connectivity index (χ0n) is 13.8. The maximum atomic E-state index is 12.6. The topological polar surface area (TPSA) is 57.6 Å². The number of hydrogen-bond donors (Lipinski definition) is 1. The number of carbonyl (C=O) groups excluding carboxylic acids is 2. The molecule has 0 saturated carbocycles. The van der Waals surface area contributed by atoms with E-state index in [1.54, 1.807) is 0 Å². The van der Waals surface area contributed by atoms with Gasteiger partial charge >= 0.3 is 0 Å². The molecule has 0 spiro atoms. The van der Waals surface area contributed by atoms with Crippen molar-refractivity contribution >= 4 is 11.7 Å². The van der Waals surface area contributed by atoms with Gasteiger partial charge in [-0.05, 0) is 37.0 Å². The molecule has 1 fully saturated rings. The number of rotatable bonds is 6. The second-order valence-corrected chi connectivity index (χ2v) is 6.21. The molecule has 1 amide bonds. The van der Waals surface area contributed by atoms with Gasteiger partial charge in [-0.2, -0.15) is 0 Å². The summed E-state index contributed by atoms with van der Waals surface area (Å²) in [5.74, 6) is 0.235. The maximum Gasteiger partial charge on any atom is 0.254 e. The lowest BCUT2D eigenvalue weighted by atomic mass is 10.0. The van der Waals surface area contributed by atoms with Crippen molar-refractivity contribution in [2.75, 3.05) is 6.54 Å². The van der Waals surface area contributed by atoms with Crippen molar-refractivity contribution in [3.8, 4) is 0 Å². The Bertz CT molecular complexity index is 567. The first-order valence-corrected chi connectivity index (χ1v) is 8.28. The lowest BCUT2D eigenvalue weighted by Crippen LogP contribution is -2.36. The molecule has 1 aromatic carbocycles. The molecule has 4 heteroatoms. The molecule has 1 heterocycles. The van der Waals surface area contributed by atoms with Gasteiger partial charge in [-0.3, -0.25) is 9.59 Å². The lowest BCUT2D eigenvalue weighted by Gasteiger charge is -2.24. The number of hydrogen-bond acceptors (Lipinski definition) is 3. The highest BCUT2D eigenvalue weighted by molar-refractivity contribution is 5.95. The first-order chi connectivity index (χ1) is 11.0. The minimum absolute atomic E-state index is 0.00522. The molecule has 4 nitrogen and oxygen atoms in total. The van der Waals surface area contributed by atoms with E-state index in [1.807, 2.05) is 48.2 Å². The van der Waals surface area contributed by atoms with E-state index in [-0.39, 0.29) is 24.2 Å². The monoisotopic (exact) mass is 315 g/mol. The third-order valence-electron chi connectivity index (χ3n) is 4.44. The number of benzene rings is 1. The van der Waals surface area contributed by atoms with E-state index in [0.29, 0.717) is 24.4 Å². The maximum absolute atomic E-state index is 12.6. The fourth-order valence-electron chi connectivity index (χ4n) is 2.90. The largest absolute Gasteiger partial charge is 0.393 e. The molecular formula is C19H25NO3. The van der Waals surface area contributed by atoms with E-state index in [2.05, 4.69) is 6.92 Å². The van der Waals surface area contributed by atoms with Crippen molar-refractivity contribution < 1.29 is 14.7 Å². The van der Waals surface area contributed by atoms with Crippen LogP contribution in [0.2, 0.25) is 0 Å². The van der Waals surface area contributed by atoms with Crippen LogP contribution in [-0.2, 0) is 4.79 Å². The van der Waals surface area contributed by atoms with Gasteiger partial charge in [-0.1, -0.05) is 38.1 Å². The van der Waals surface area contributed by atoms with E-state index in [0.717, 1.165) is 6.42 Å². The summed E-state index contributed by atoms with van der Waals surface area (Å²) >= 11 is 0. The second kappa shape index (κ2) is 8.06. The Morgan fingerprint density at radius 1 is 1.35 bits per heavy atom. The molecule has 0 radical (unpaired) electrons. The van der Waals surface area contributed by atoms with E-state index < -0.39 is 6.10 Å². The third-order valence-corrected chi connectivity index (χ3v) is 4.44. The quantitative estimate of drug-likeness (QED) is 0.821. The second-order valence-electron chi connectivity index (χ2n) is 6.21. The number of aliphatic hydroxyl groups is 1. The molecule has 1 aromatic rings. The summed E-state index contributed by atoms with van der Waals surface area (Å²) in [4.78, 5) is 26.3.